The van der Waals surface area contributed by atoms with E-state index < -0.39 is 0 Å². The second-order valence-electron chi connectivity index (χ2n) is 6.90. The van der Waals surface area contributed by atoms with Crippen LogP contribution in [0.5, 0.6) is 0 Å². The molecule has 1 aliphatic heterocycles. The van der Waals surface area contributed by atoms with Crippen molar-refractivity contribution in [2.45, 2.75) is 33.7 Å². The van der Waals surface area contributed by atoms with Crippen molar-refractivity contribution in [3.63, 3.8) is 0 Å². The lowest BCUT2D eigenvalue weighted by Gasteiger charge is -2.17. The molecule has 0 unspecified atom stereocenters. The highest BCUT2D eigenvalue weighted by Crippen LogP contribution is 2.24. The summed E-state index contributed by atoms with van der Waals surface area (Å²) in [6.07, 6.45) is 0.280. The van der Waals surface area contributed by atoms with Crippen molar-refractivity contribution in [3.05, 3.63) is 64.7 Å². The van der Waals surface area contributed by atoms with Crippen LogP contribution >= 0.6 is 0 Å². The molecule has 2 aromatic carbocycles. The Hall–Kier alpha value is -2.62. The number of carbonyl (C=O) groups excluding carboxylic acids is 2. The number of nitrogens with zero attached hydrogens (tertiary/aromatic N) is 1. The average Bonchev–Trinajstić information content (AvgIpc) is 2.95. The Morgan fingerprint density at radius 3 is 2.56 bits per heavy atom. The van der Waals surface area contributed by atoms with Crippen LogP contribution in [-0.2, 0) is 16.1 Å². The third-order valence-corrected chi connectivity index (χ3v) is 4.94. The number of benzene rings is 2. The molecule has 0 radical (unpaired) electrons. The van der Waals surface area contributed by atoms with Crippen molar-refractivity contribution in [3.8, 4) is 0 Å². The van der Waals surface area contributed by atoms with Crippen LogP contribution in [0.1, 0.15) is 28.7 Å². The molecule has 0 aromatic heterocycles. The Morgan fingerprint density at radius 1 is 1.12 bits per heavy atom. The molecule has 2 aromatic rings. The lowest BCUT2D eigenvalue weighted by atomic mass is 10.1. The SMILES string of the molecule is Cc1ccc(CN2C[C@@H](C(=O)Nc3cccc(C)c3C)CC2=O)cc1. The van der Waals surface area contributed by atoms with Gasteiger partial charge in [0.15, 0.2) is 0 Å². The van der Waals surface area contributed by atoms with Gasteiger partial charge in [0.1, 0.15) is 0 Å². The van der Waals surface area contributed by atoms with Gasteiger partial charge in [0.05, 0.1) is 5.92 Å². The van der Waals surface area contributed by atoms with Crippen LogP contribution in [0.15, 0.2) is 42.5 Å². The van der Waals surface area contributed by atoms with Crippen LogP contribution in [0.2, 0.25) is 0 Å². The molecule has 1 atom stereocenters. The summed E-state index contributed by atoms with van der Waals surface area (Å²) in [5, 5.41) is 2.99. The van der Waals surface area contributed by atoms with E-state index >= 15 is 0 Å². The van der Waals surface area contributed by atoms with Crippen molar-refractivity contribution < 1.29 is 9.59 Å². The molecule has 1 heterocycles. The molecule has 1 N–H and O–H groups in total. The minimum Gasteiger partial charge on any atom is -0.338 e. The molecule has 4 heteroatoms. The highest BCUT2D eigenvalue weighted by atomic mass is 16.2. The monoisotopic (exact) mass is 336 g/mol. The number of carbonyl (C=O) groups is 2. The van der Waals surface area contributed by atoms with Crippen LogP contribution in [0.25, 0.3) is 0 Å². The fourth-order valence-electron chi connectivity index (χ4n) is 3.14. The molecule has 0 bridgehead atoms. The zero-order valence-corrected chi connectivity index (χ0v) is 15.0. The molecule has 1 saturated heterocycles. The highest BCUT2D eigenvalue weighted by Gasteiger charge is 2.34. The summed E-state index contributed by atoms with van der Waals surface area (Å²) in [6.45, 7) is 7.09. The fourth-order valence-corrected chi connectivity index (χ4v) is 3.14. The summed E-state index contributed by atoms with van der Waals surface area (Å²) >= 11 is 0. The van der Waals surface area contributed by atoms with Gasteiger partial charge in [0, 0.05) is 25.2 Å². The summed E-state index contributed by atoms with van der Waals surface area (Å²) in [6, 6.07) is 14.0. The molecule has 0 aliphatic carbocycles. The Morgan fingerprint density at radius 2 is 1.84 bits per heavy atom. The number of nitrogens with one attached hydrogen (secondary N) is 1. The Kier molecular flexibility index (Phi) is 4.88. The quantitative estimate of drug-likeness (QED) is 0.927. The molecule has 130 valence electrons. The molecule has 25 heavy (non-hydrogen) atoms. The number of aryl methyl sites for hydroxylation is 2. The smallest absolute Gasteiger partial charge is 0.229 e. The third-order valence-electron chi connectivity index (χ3n) is 4.94. The van der Waals surface area contributed by atoms with Crippen LogP contribution in [0.3, 0.4) is 0 Å². The zero-order valence-electron chi connectivity index (χ0n) is 15.0. The average molecular weight is 336 g/mol. The maximum atomic E-state index is 12.6. The van der Waals surface area contributed by atoms with Crippen molar-refractivity contribution in [1.29, 1.82) is 0 Å². The van der Waals surface area contributed by atoms with Gasteiger partial charge in [0.25, 0.3) is 0 Å². The van der Waals surface area contributed by atoms with Gasteiger partial charge in [-0.25, -0.2) is 0 Å². The summed E-state index contributed by atoms with van der Waals surface area (Å²) < 4.78 is 0. The second kappa shape index (κ2) is 7.09. The summed E-state index contributed by atoms with van der Waals surface area (Å²) in [4.78, 5) is 26.6. The maximum Gasteiger partial charge on any atom is 0.229 e. The first-order valence-electron chi connectivity index (χ1n) is 8.64. The Labute approximate surface area is 148 Å². The van der Waals surface area contributed by atoms with Gasteiger partial charge in [-0.05, 0) is 43.5 Å². The molecular formula is C21H24N2O2. The van der Waals surface area contributed by atoms with E-state index in [1.165, 1.54) is 5.56 Å². The van der Waals surface area contributed by atoms with E-state index in [1.807, 2.05) is 63.2 Å². The van der Waals surface area contributed by atoms with E-state index in [4.69, 9.17) is 0 Å². The van der Waals surface area contributed by atoms with Crippen molar-refractivity contribution in [2.24, 2.45) is 5.92 Å². The van der Waals surface area contributed by atoms with Crippen molar-refractivity contribution >= 4 is 17.5 Å². The van der Waals surface area contributed by atoms with E-state index in [0.717, 1.165) is 22.4 Å². The van der Waals surface area contributed by atoms with E-state index in [2.05, 4.69) is 5.32 Å². The standard InChI is InChI=1S/C21H24N2O2/c1-14-7-9-17(10-8-14)12-23-13-18(11-20(23)24)21(25)22-19-6-4-5-15(2)16(19)3/h4-10,18H,11-13H2,1-3H3,(H,22,25)/t18-/m0/s1. The van der Waals surface area contributed by atoms with Crippen LogP contribution in [0.4, 0.5) is 5.69 Å². The van der Waals surface area contributed by atoms with Gasteiger partial charge in [-0.2, -0.15) is 0 Å². The number of anilines is 1. The largest absolute Gasteiger partial charge is 0.338 e. The number of rotatable bonds is 4. The predicted molar refractivity (Wildman–Crippen MR) is 99.2 cm³/mol. The summed E-state index contributed by atoms with van der Waals surface area (Å²) in [7, 11) is 0. The highest BCUT2D eigenvalue weighted by molar-refractivity contribution is 5.97. The minimum atomic E-state index is -0.294. The van der Waals surface area contributed by atoms with Gasteiger partial charge in [-0.15, -0.1) is 0 Å². The molecule has 4 nitrogen and oxygen atoms in total. The second-order valence-corrected chi connectivity index (χ2v) is 6.90. The summed E-state index contributed by atoms with van der Waals surface area (Å²) in [5.74, 6) is -0.326. The van der Waals surface area contributed by atoms with E-state index in [9.17, 15) is 9.59 Å². The number of hydrogen-bond donors (Lipinski definition) is 1. The van der Waals surface area contributed by atoms with Crippen molar-refractivity contribution in [1.82, 2.24) is 4.90 Å². The lowest BCUT2D eigenvalue weighted by molar-refractivity contribution is -0.128. The zero-order chi connectivity index (χ0) is 18.0. The Bertz CT molecular complexity index is 796. The third kappa shape index (κ3) is 3.90. The molecular weight excluding hydrogens is 312 g/mol. The lowest BCUT2D eigenvalue weighted by Crippen LogP contribution is -2.28. The van der Waals surface area contributed by atoms with Gasteiger partial charge in [-0.3, -0.25) is 9.59 Å². The minimum absolute atomic E-state index is 0.0432. The number of amides is 2. The topological polar surface area (TPSA) is 49.4 Å². The van der Waals surface area contributed by atoms with Gasteiger partial charge >= 0.3 is 0 Å². The normalized spacial score (nSPS) is 17.0. The van der Waals surface area contributed by atoms with Gasteiger partial charge in [0.2, 0.25) is 11.8 Å². The molecule has 0 spiro atoms. The van der Waals surface area contributed by atoms with Crippen LogP contribution in [0, 0.1) is 26.7 Å². The predicted octanol–water partition coefficient (Wildman–Crippen LogP) is 3.60. The van der Waals surface area contributed by atoms with E-state index in [-0.39, 0.29) is 24.2 Å². The maximum absolute atomic E-state index is 12.6. The number of likely N-dealkylation sites (tertiary alicyclic amines) is 1. The first-order valence-corrected chi connectivity index (χ1v) is 8.64. The van der Waals surface area contributed by atoms with Crippen molar-refractivity contribution in [2.75, 3.05) is 11.9 Å². The molecule has 0 saturated carbocycles. The Balaban J connectivity index is 1.64. The van der Waals surface area contributed by atoms with Crippen LogP contribution < -0.4 is 5.32 Å². The van der Waals surface area contributed by atoms with Gasteiger partial charge in [-0.1, -0.05) is 42.0 Å². The molecule has 1 aliphatic rings. The van der Waals surface area contributed by atoms with Gasteiger partial charge < -0.3 is 10.2 Å². The number of hydrogen-bond acceptors (Lipinski definition) is 2. The molecule has 1 fully saturated rings. The van der Waals surface area contributed by atoms with Crippen LogP contribution in [-0.4, -0.2) is 23.3 Å². The van der Waals surface area contributed by atoms with E-state index in [1.54, 1.807) is 4.90 Å². The fraction of sp³-hybridized carbons (Fsp3) is 0.333. The first-order chi connectivity index (χ1) is 11.9. The summed E-state index contributed by atoms with van der Waals surface area (Å²) in [5.41, 5.74) is 5.32. The molecule has 3 rings (SSSR count). The van der Waals surface area contributed by atoms with E-state index in [0.29, 0.717) is 13.1 Å². The first kappa shape index (κ1) is 17.2. The molecule has 2 amide bonds.